The zero-order valence-electron chi connectivity index (χ0n) is 14.6. The van der Waals surface area contributed by atoms with Gasteiger partial charge in [-0.2, -0.15) is 0 Å². The van der Waals surface area contributed by atoms with Crippen LogP contribution in [0.1, 0.15) is 37.7 Å². The molecule has 2 aliphatic rings. The Morgan fingerprint density at radius 3 is 2.15 bits per heavy atom. The first-order chi connectivity index (χ1) is 12.5. The lowest BCUT2D eigenvalue weighted by atomic mass is 9.81. The SMILES string of the molecule is NC(=O)Cc1ccc(NC(=O)CCN2C(=O)C3CCCCC3C2=O)cc1. The van der Waals surface area contributed by atoms with Gasteiger partial charge in [0.1, 0.15) is 0 Å². The van der Waals surface area contributed by atoms with Crippen molar-refractivity contribution < 1.29 is 19.2 Å². The molecule has 1 aromatic carbocycles. The van der Waals surface area contributed by atoms with E-state index in [0.717, 1.165) is 31.2 Å². The molecule has 26 heavy (non-hydrogen) atoms. The highest BCUT2D eigenvalue weighted by Gasteiger charge is 2.47. The van der Waals surface area contributed by atoms with Crippen molar-refractivity contribution in [1.82, 2.24) is 4.90 Å². The van der Waals surface area contributed by atoms with Crippen molar-refractivity contribution in [3.05, 3.63) is 29.8 Å². The van der Waals surface area contributed by atoms with E-state index < -0.39 is 5.91 Å². The molecule has 2 fully saturated rings. The quantitative estimate of drug-likeness (QED) is 0.746. The maximum absolute atomic E-state index is 12.4. The van der Waals surface area contributed by atoms with Crippen LogP contribution in [0.3, 0.4) is 0 Å². The molecule has 1 aromatic rings. The normalized spacial score (nSPS) is 22.2. The number of fused-ring (bicyclic) bond motifs is 1. The van der Waals surface area contributed by atoms with Crippen LogP contribution in [0.5, 0.6) is 0 Å². The minimum absolute atomic E-state index is 0.0694. The number of hydrogen-bond acceptors (Lipinski definition) is 4. The van der Waals surface area contributed by atoms with Crippen LogP contribution in [-0.2, 0) is 25.6 Å². The number of nitrogens with two attached hydrogens (primary N) is 1. The molecule has 0 bridgehead atoms. The smallest absolute Gasteiger partial charge is 0.233 e. The Hall–Kier alpha value is -2.70. The maximum Gasteiger partial charge on any atom is 0.233 e. The predicted molar refractivity (Wildman–Crippen MR) is 94.8 cm³/mol. The first-order valence-corrected chi connectivity index (χ1v) is 8.98. The summed E-state index contributed by atoms with van der Waals surface area (Å²) >= 11 is 0. The molecule has 1 aliphatic carbocycles. The number of imide groups is 1. The van der Waals surface area contributed by atoms with E-state index in [4.69, 9.17) is 5.73 Å². The summed E-state index contributed by atoms with van der Waals surface area (Å²) in [5, 5.41) is 2.73. The van der Waals surface area contributed by atoms with Crippen LogP contribution in [0, 0.1) is 11.8 Å². The van der Waals surface area contributed by atoms with Gasteiger partial charge in [-0.15, -0.1) is 0 Å². The highest BCUT2D eigenvalue weighted by Crippen LogP contribution is 2.37. The van der Waals surface area contributed by atoms with Gasteiger partial charge in [0.05, 0.1) is 18.3 Å². The molecule has 1 saturated carbocycles. The van der Waals surface area contributed by atoms with Gasteiger partial charge in [0, 0.05) is 18.7 Å². The molecule has 3 rings (SSSR count). The number of carbonyl (C=O) groups excluding carboxylic acids is 4. The molecule has 0 aromatic heterocycles. The first-order valence-electron chi connectivity index (χ1n) is 8.98. The van der Waals surface area contributed by atoms with Gasteiger partial charge < -0.3 is 11.1 Å². The molecular formula is C19H23N3O4. The number of nitrogens with zero attached hydrogens (tertiary/aromatic N) is 1. The lowest BCUT2D eigenvalue weighted by molar-refractivity contribution is -0.140. The molecule has 138 valence electrons. The zero-order chi connectivity index (χ0) is 18.7. The third-order valence-corrected chi connectivity index (χ3v) is 5.11. The van der Waals surface area contributed by atoms with Crippen molar-refractivity contribution in [2.75, 3.05) is 11.9 Å². The highest BCUT2D eigenvalue weighted by molar-refractivity contribution is 6.05. The molecule has 1 aliphatic heterocycles. The molecule has 2 atom stereocenters. The van der Waals surface area contributed by atoms with Gasteiger partial charge in [-0.05, 0) is 30.5 Å². The van der Waals surface area contributed by atoms with E-state index in [2.05, 4.69) is 5.32 Å². The average Bonchev–Trinajstić information content (AvgIpc) is 2.86. The minimum atomic E-state index is -0.415. The number of carbonyl (C=O) groups is 4. The van der Waals surface area contributed by atoms with Gasteiger partial charge >= 0.3 is 0 Å². The largest absolute Gasteiger partial charge is 0.369 e. The number of rotatable bonds is 6. The van der Waals surface area contributed by atoms with Crippen molar-refractivity contribution in [3.63, 3.8) is 0 Å². The van der Waals surface area contributed by atoms with Gasteiger partial charge in [-0.1, -0.05) is 25.0 Å². The van der Waals surface area contributed by atoms with Crippen molar-refractivity contribution in [2.45, 2.75) is 38.5 Å². The Kier molecular flexibility index (Phi) is 5.35. The van der Waals surface area contributed by atoms with Crippen molar-refractivity contribution in [2.24, 2.45) is 17.6 Å². The summed E-state index contributed by atoms with van der Waals surface area (Å²) in [6.07, 6.45) is 3.74. The Morgan fingerprint density at radius 2 is 1.62 bits per heavy atom. The van der Waals surface area contributed by atoms with E-state index in [0.29, 0.717) is 5.69 Å². The van der Waals surface area contributed by atoms with Crippen LogP contribution in [0.15, 0.2) is 24.3 Å². The number of benzene rings is 1. The Bertz CT molecular complexity index is 705. The van der Waals surface area contributed by atoms with Crippen LogP contribution in [0.2, 0.25) is 0 Å². The van der Waals surface area contributed by atoms with Crippen molar-refractivity contribution in [1.29, 1.82) is 0 Å². The van der Waals surface area contributed by atoms with Crippen molar-refractivity contribution in [3.8, 4) is 0 Å². The van der Waals surface area contributed by atoms with Gasteiger partial charge in [0.25, 0.3) is 0 Å². The zero-order valence-corrected chi connectivity index (χ0v) is 14.6. The van der Waals surface area contributed by atoms with Crippen LogP contribution in [0.25, 0.3) is 0 Å². The molecule has 0 radical (unpaired) electrons. The second-order valence-electron chi connectivity index (χ2n) is 6.96. The molecule has 1 saturated heterocycles. The second kappa shape index (κ2) is 7.68. The van der Waals surface area contributed by atoms with E-state index >= 15 is 0 Å². The second-order valence-corrected chi connectivity index (χ2v) is 6.96. The highest BCUT2D eigenvalue weighted by atomic mass is 16.2. The summed E-state index contributed by atoms with van der Waals surface area (Å²) in [6, 6.07) is 6.82. The number of primary amides is 1. The van der Waals surface area contributed by atoms with Crippen LogP contribution < -0.4 is 11.1 Å². The fourth-order valence-electron chi connectivity index (χ4n) is 3.80. The number of likely N-dealkylation sites (tertiary alicyclic amines) is 1. The third-order valence-electron chi connectivity index (χ3n) is 5.11. The van der Waals surface area contributed by atoms with E-state index in [-0.39, 0.29) is 48.9 Å². The Labute approximate surface area is 151 Å². The third kappa shape index (κ3) is 3.92. The van der Waals surface area contributed by atoms with Crippen LogP contribution >= 0.6 is 0 Å². The predicted octanol–water partition coefficient (Wildman–Crippen LogP) is 1.22. The minimum Gasteiger partial charge on any atom is -0.369 e. The summed E-state index contributed by atoms with van der Waals surface area (Å²) in [5.41, 5.74) is 6.50. The molecular weight excluding hydrogens is 334 g/mol. The fourth-order valence-corrected chi connectivity index (χ4v) is 3.80. The molecule has 4 amide bonds. The summed E-state index contributed by atoms with van der Waals surface area (Å²) in [7, 11) is 0. The van der Waals surface area contributed by atoms with Gasteiger partial charge in [-0.3, -0.25) is 24.1 Å². The fraction of sp³-hybridized carbons (Fsp3) is 0.474. The average molecular weight is 357 g/mol. The monoisotopic (exact) mass is 357 g/mol. The molecule has 1 heterocycles. The Balaban J connectivity index is 1.52. The maximum atomic E-state index is 12.4. The number of hydrogen-bond donors (Lipinski definition) is 2. The molecule has 7 heteroatoms. The van der Waals surface area contributed by atoms with Crippen molar-refractivity contribution >= 4 is 29.3 Å². The van der Waals surface area contributed by atoms with Crippen LogP contribution in [-0.4, -0.2) is 35.1 Å². The van der Waals surface area contributed by atoms with Crippen LogP contribution in [0.4, 0.5) is 5.69 Å². The first kappa shape index (κ1) is 18.1. The summed E-state index contributed by atoms with van der Waals surface area (Å²) in [6.45, 7) is 0.121. The number of amides is 4. The van der Waals surface area contributed by atoms with E-state index in [1.165, 1.54) is 4.90 Å². The molecule has 0 spiro atoms. The van der Waals surface area contributed by atoms with Gasteiger partial charge in [0.2, 0.25) is 23.6 Å². The number of nitrogens with one attached hydrogen (secondary N) is 1. The summed E-state index contributed by atoms with van der Waals surface area (Å²) in [4.78, 5) is 49.0. The van der Waals surface area contributed by atoms with E-state index in [1.54, 1.807) is 24.3 Å². The molecule has 7 nitrogen and oxygen atoms in total. The number of anilines is 1. The lowest BCUT2D eigenvalue weighted by Gasteiger charge is -2.19. The topological polar surface area (TPSA) is 110 Å². The Morgan fingerprint density at radius 1 is 1.04 bits per heavy atom. The molecule has 2 unspecified atom stereocenters. The van der Waals surface area contributed by atoms with E-state index in [1.807, 2.05) is 0 Å². The lowest BCUT2D eigenvalue weighted by Crippen LogP contribution is -2.34. The van der Waals surface area contributed by atoms with Gasteiger partial charge in [0.15, 0.2) is 0 Å². The summed E-state index contributed by atoms with van der Waals surface area (Å²) < 4.78 is 0. The van der Waals surface area contributed by atoms with E-state index in [9.17, 15) is 19.2 Å². The standard InChI is InChI=1S/C19H23N3O4/c20-16(23)11-12-5-7-13(8-6-12)21-17(24)9-10-22-18(25)14-3-1-2-4-15(14)19(22)26/h5-8,14-15H,1-4,9-11H2,(H2,20,23)(H,21,24). The molecule has 3 N–H and O–H groups in total. The van der Waals surface area contributed by atoms with Gasteiger partial charge in [-0.25, -0.2) is 0 Å². The summed E-state index contributed by atoms with van der Waals surface area (Å²) in [5.74, 6) is -1.29.